The van der Waals surface area contributed by atoms with Crippen LogP contribution in [-0.2, 0) is 54.4 Å². The smallest absolute Gasteiger partial charge is 0.245 e. The van der Waals surface area contributed by atoms with E-state index in [0.717, 1.165) is 19.3 Å². The van der Waals surface area contributed by atoms with E-state index < -0.39 is 144 Å². The van der Waals surface area contributed by atoms with Crippen LogP contribution in [0.4, 0.5) is 0 Å². The van der Waals surface area contributed by atoms with Gasteiger partial charge in [-0.25, -0.2) is 0 Å². The second kappa shape index (κ2) is 40.0. The molecule has 10 amide bonds. The number of benzene rings is 1. The van der Waals surface area contributed by atoms with Crippen molar-refractivity contribution in [1.82, 2.24) is 58.5 Å². The molecule has 14 atom stereocenters. The van der Waals surface area contributed by atoms with E-state index >= 15 is 0 Å². The number of aliphatic hydroxyl groups is 3. The molecule has 29 heteroatoms. The molecule has 482 valence electrons. The molecule has 0 bridgehead atoms. The number of hydrogen-bond acceptors (Lipinski definition) is 19. The van der Waals surface area contributed by atoms with E-state index in [1.807, 2.05) is 0 Å². The van der Waals surface area contributed by atoms with Gasteiger partial charge in [0.25, 0.3) is 0 Å². The molecule has 29 nitrogen and oxygen atoms in total. The predicted octanol–water partition coefficient (Wildman–Crippen LogP) is -5.45. The first-order valence-corrected chi connectivity index (χ1v) is 29.7. The lowest BCUT2D eigenvalue weighted by Gasteiger charge is -2.31. The molecule has 1 aliphatic rings. The Balaban J connectivity index is 2.67. The van der Waals surface area contributed by atoms with Gasteiger partial charge in [-0.15, -0.1) is 0 Å². The molecular weight excluding hydrogens is 1100 g/mol. The second-order valence-corrected chi connectivity index (χ2v) is 22.2. The third kappa shape index (κ3) is 27.2. The maximum absolute atomic E-state index is 14.4. The van der Waals surface area contributed by atoms with Crippen LogP contribution >= 0.6 is 0 Å². The third-order valence-corrected chi connectivity index (χ3v) is 14.4. The summed E-state index contributed by atoms with van der Waals surface area (Å²) in [4.78, 5) is 139. The maximum atomic E-state index is 14.4. The van der Waals surface area contributed by atoms with Crippen LogP contribution in [0, 0.1) is 11.8 Å². The van der Waals surface area contributed by atoms with Crippen LogP contribution in [0.1, 0.15) is 124 Å². The fourth-order valence-corrected chi connectivity index (χ4v) is 9.25. The number of aliphatic hydroxyl groups excluding tert-OH is 3. The number of carbonyl (C=O) groups is 10. The monoisotopic (exact) mass is 1200 g/mol. The zero-order valence-electron chi connectivity index (χ0n) is 50.3. The number of nitrogens with two attached hydrogens (primary N) is 5. The molecule has 1 heterocycles. The summed E-state index contributed by atoms with van der Waals surface area (Å²) in [6.45, 7) is 9.20. The van der Waals surface area contributed by atoms with Crippen molar-refractivity contribution in [2.24, 2.45) is 40.5 Å². The summed E-state index contributed by atoms with van der Waals surface area (Å²) in [5, 5.41) is 62.2. The van der Waals surface area contributed by atoms with Gasteiger partial charge in [-0.05, 0) is 115 Å². The summed E-state index contributed by atoms with van der Waals surface area (Å²) in [6.07, 6.45) is -2.64. The molecule has 0 saturated carbocycles. The molecule has 1 saturated heterocycles. The Kier molecular flexibility index (Phi) is 35.2. The maximum Gasteiger partial charge on any atom is 0.245 e. The fourth-order valence-electron chi connectivity index (χ4n) is 9.25. The van der Waals surface area contributed by atoms with E-state index in [-0.39, 0.29) is 96.4 Å². The zero-order valence-corrected chi connectivity index (χ0v) is 50.3. The molecule has 4 unspecified atom stereocenters. The molecule has 0 radical (unpaired) electrons. The largest absolute Gasteiger partial charge is 0.391 e. The number of hydrogen-bond donors (Lipinski definition) is 19. The van der Waals surface area contributed by atoms with Gasteiger partial charge in [0.15, 0.2) is 0 Å². The molecule has 1 aromatic carbocycles. The van der Waals surface area contributed by atoms with Gasteiger partial charge in [0, 0.05) is 19.4 Å². The Bertz CT molecular complexity index is 2270. The van der Waals surface area contributed by atoms with Crippen LogP contribution < -0.4 is 87.2 Å². The molecule has 1 fully saturated rings. The van der Waals surface area contributed by atoms with Gasteiger partial charge in [-0.3, -0.25) is 53.3 Å². The summed E-state index contributed by atoms with van der Waals surface area (Å²) in [5.74, 6) is -8.16. The highest BCUT2D eigenvalue weighted by atomic mass is 16.3. The highest BCUT2D eigenvalue weighted by molar-refractivity contribution is 5.97. The Morgan fingerprint density at radius 2 is 1.12 bits per heavy atom. The quantitative estimate of drug-likeness (QED) is 0.0333. The van der Waals surface area contributed by atoms with Gasteiger partial charge in [0.05, 0.1) is 24.3 Å². The average molecular weight is 1210 g/mol. The van der Waals surface area contributed by atoms with Crippen LogP contribution in [0.3, 0.4) is 0 Å². The second-order valence-electron chi connectivity index (χ2n) is 22.2. The topological polar surface area (TPSA) is 494 Å². The number of rotatable bonds is 29. The van der Waals surface area contributed by atoms with Crippen molar-refractivity contribution in [3.05, 3.63) is 35.9 Å². The molecular formula is C56H100N16O13. The van der Waals surface area contributed by atoms with E-state index in [2.05, 4.69) is 72.3 Å². The van der Waals surface area contributed by atoms with E-state index in [4.69, 9.17) is 28.7 Å². The summed E-state index contributed by atoms with van der Waals surface area (Å²) < 4.78 is 0. The number of amides is 10. The van der Waals surface area contributed by atoms with Crippen LogP contribution in [0.15, 0.2) is 30.3 Å². The highest BCUT2D eigenvalue weighted by Crippen LogP contribution is 2.14. The molecule has 1 aromatic rings. The summed E-state index contributed by atoms with van der Waals surface area (Å²) >= 11 is 0. The SMILES string of the molecule is CC[C@H](C)CCCCC(=O)N[C@@H](CCN)C(=O)N[C@H](C(=O)N[C@@H](CCN)C(=O)N[C@H]1CCNC(=O)[C@H](C(C)O)NC(=O)[C@H](CCN)NC(=O)[C@H](CCN)NC(=O)C(CC(C)C)NC(=O)[C@@H](Cc2ccccc2)NC(=O)[C@H](CCN)NC1O)C(C)O. The first-order valence-electron chi connectivity index (χ1n) is 29.7. The highest BCUT2D eigenvalue weighted by Gasteiger charge is 2.38. The van der Waals surface area contributed by atoms with Crippen molar-refractivity contribution < 1.29 is 63.3 Å². The lowest BCUT2D eigenvalue weighted by molar-refractivity contribution is -0.136. The molecule has 1 aliphatic heterocycles. The van der Waals surface area contributed by atoms with Gasteiger partial charge in [-0.2, -0.15) is 0 Å². The van der Waals surface area contributed by atoms with Crippen molar-refractivity contribution in [2.45, 2.75) is 204 Å². The minimum Gasteiger partial charge on any atom is -0.391 e. The number of unbranched alkanes of at least 4 members (excludes halogenated alkanes) is 1. The Morgan fingerprint density at radius 1 is 0.600 bits per heavy atom. The van der Waals surface area contributed by atoms with Gasteiger partial charge in [0.1, 0.15) is 54.6 Å². The van der Waals surface area contributed by atoms with Crippen LogP contribution in [0.5, 0.6) is 0 Å². The first kappa shape index (κ1) is 74.7. The molecule has 2 rings (SSSR count). The first-order chi connectivity index (χ1) is 40.3. The summed E-state index contributed by atoms with van der Waals surface area (Å²) in [6, 6.07) is -5.72. The van der Waals surface area contributed by atoms with Gasteiger partial charge in [-0.1, -0.05) is 77.3 Å². The Morgan fingerprint density at radius 3 is 1.66 bits per heavy atom. The minimum atomic E-state index is -1.90. The van der Waals surface area contributed by atoms with E-state index in [9.17, 15) is 63.3 Å². The lowest BCUT2D eigenvalue weighted by Crippen LogP contribution is -2.63. The molecule has 0 aliphatic carbocycles. The number of nitrogens with one attached hydrogen (secondary N) is 11. The predicted molar refractivity (Wildman–Crippen MR) is 317 cm³/mol. The molecule has 0 aromatic heterocycles. The third-order valence-electron chi connectivity index (χ3n) is 14.4. The van der Waals surface area contributed by atoms with Crippen molar-refractivity contribution in [3.8, 4) is 0 Å². The van der Waals surface area contributed by atoms with Crippen molar-refractivity contribution in [1.29, 1.82) is 0 Å². The Hall–Kier alpha value is -6.44. The summed E-state index contributed by atoms with van der Waals surface area (Å²) in [7, 11) is 0. The average Bonchev–Trinajstić information content (AvgIpc) is 3.67. The Labute approximate surface area is 498 Å². The standard InChI is InChI=1S/C56H100N16O13/c1-7-32(4)13-11-12-16-44(75)63-36(17-23-57)51(80)72-46(34(6)74)56(85)68-39(20-26-60)48(77)67-41-22-28-62-55(84)45(33(5)73)71-52(81)40(21-27-61)65-47(76)37(18-24-58)66-53(82)42(29-31(2)3)69-54(83)43(30-35-14-9-8-10-15-35)70-49(78)38(19-25-59)64-50(41)79/h8-10,14-15,31-34,36-43,45-46,50,64,73-74,79H,7,11-13,16-30,57-61H2,1-6H3,(H,62,84)(H,63,75)(H,65,76)(H,66,82)(H,67,77)(H,68,85)(H,69,83)(H,70,78)(H,71,81)(H,72,80)/t32-,33?,34?,36-,37-,38-,39-,40-,41-,42?,43+,45-,46-,50?/m0/s1. The molecule has 85 heavy (non-hydrogen) atoms. The molecule has 0 spiro atoms. The fraction of sp³-hybridized carbons (Fsp3) is 0.714. The molecule has 24 N–H and O–H groups in total. The van der Waals surface area contributed by atoms with Crippen LogP contribution in [0.25, 0.3) is 0 Å². The van der Waals surface area contributed by atoms with Crippen molar-refractivity contribution in [2.75, 3.05) is 39.3 Å². The lowest BCUT2D eigenvalue weighted by atomic mass is 10.00. The zero-order chi connectivity index (χ0) is 63.8. The van der Waals surface area contributed by atoms with E-state index in [1.165, 1.54) is 13.8 Å². The van der Waals surface area contributed by atoms with Gasteiger partial charge >= 0.3 is 0 Å². The van der Waals surface area contributed by atoms with E-state index in [1.54, 1.807) is 44.2 Å². The van der Waals surface area contributed by atoms with Crippen molar-refractivity contribution in [3.63, 3.8) is 0 Å². The number of carbonyl (C=O) groups excluding carboxylic acids is 10. The van der Waals surface area contributed by atoms with Crippen LogP contribution in [-0.4, -0.2) is 193 Å². The van der Waals surface area contributed by atoms with Crippen LogP contribution in [0.2, 0.25) is 0 Å². The van der Waals surface area contributed by atoms with Crippen molar-refractivity contribution >= 4 is 59.1 Å². The van der Waals surface area contributed by atoms with Gasteiger partial charge < -0.3 is 97.2 Å². The van der Waals surface area contributed by atoms with Gasteiger partial charge in [0.2, 0.25) is 59.1 Å². The van der Waals surface area contributed by atoms with E-state index in [0.29, 0.717) is 17.9 Å². The normalized spacial score (nSPS) is 23.8. The minimum absolute atomic E-state index is 0.00905. The summed E-state index contributed by atoms with van der Waals surface area (Å²) in [5.41, 5.74) is 30.0.